The minimum atomic E-state index is -0.0294. The molecular weight excluding hydrogens is 280 g/mol. The third-order valence-electron chi connectivity index (χ3n) is 3.71. The van der Waals surface area contributed by atoms with Gasteiger partial charge in [-0.15, -0.1) is 11.8 Å². The van der Waals surface area contributed by atoms with Crippen molar-refractivity contribution in [2.75, 3.05) is 13.4 Å². The maximum absolute atomic E-state index is 5.86. The summed E-state index contributed by atoms with van der Waals surface area (Å²) in [5.74, 6) is 6.77. The molecule has 21 heavy (non-hydrogen) atoms. The van der Waals surface area contributed by atoms with Gasteiger partial charge in [0.15, 0.2) is 0 Å². The van der Waals surface area contributed by atoms with Gasteiger partial charge in [-0.05, 0) is 54.5 Å². The molecule has 0 aliphatic rings. The minimum absolute atomic E-state index is 0.0294. The number of thioether (sulfide) groups is 1. The smallest absolute Gasteiger partial charge is 0.122 e. The Morgan fingerprint density at radius 2 is 1.81 bits per heavy atom. The quantitative estimate of drug-likeness (QED) is 0.503. The Balaban J connectivity index is 2.54. The minimum Gasteiger partial charge on any atom is -0.496 e. The van der Waals surface area contributed by atoms with Gasteiger partial charge in [-0.3, -0.25) is 5.84 Å². The first-order valence-corrected chi connectivity index (χ1v) is 8.09. The van der Waals surface area contributed by atoms with Crippen molar-refractivity contribution in [3.63, 3.8) is 0 Å². The number of rotatable bonds is 5. The van der Waals surface area contributed by atoms with Gasteiger partial charge in [0, 0.05) is 4.90 Å². The molecule has 0 aromatic heterocycles. The number of nitrogens with two attached hydrogens (primary N) is 1. The molecule has 0 spiro atoms. The van der Waals surface area contributed by atoms with Crippen molar-refractivity contribution in [2.45, 2.75) is 24.8 Å². The number of methoxy groups -OCH3 is 1. The largest absolute Gasteiger partial charge is 0.496 e. The summed E-state index contributed by atoms with van der Waals surface area (Å²) in [6.07, 6.45) is 2.08. The van der Waals surface area contributed by atoms with Crippen LogP contribution in [0, 0.1) is 13.8 Å². The van der Waals surface area contributed by atoms with Crippen LogP contribution < -0.4 is 16.0 Å². The van der Waals surface area contributed by atoms with Crippen LogP contribution in [0.15, 0.2) is 41.3 Å². The van der Waals surface area contributed by atoms with Crippen molar-refractivity contribution in [3.8, 4) is 5.75 Å². The molecule has 2 aromatic rings. The zero-order valence-electron chi connectivity index (χ0n) is 12.9. The number of benzene rings is 2. The van der Waals surface area contributed by atoms with Gasteiger partial charge in [0.2, 0.25) is 0 Å². The zero-order chi connectivity index (χ0) is 15.4. The number of ether oxygens (including phenoxy) is 1. The molecule has 1 atom stereocenters. The van der Waals surface area contributed by atoms with E-state index < -0.39 is 0 Å². The highest BCUT2D eigenvalue weighted by molar-refractivity contribution is 7.98. The molecule has 0 fully saturated rings. The van der Waals surface area contributed by atoms with Crippen molar-refractivity contribution >= 4 is 11.8 Å². The van der Waals surface area contributed by atoms with Crippen LogP contribution in [0.2, 0.25) is 0 Å². The maximum Gasteiger partial charge on any atom is 0.122 e. The molecule has 0 saturated heterocycles. The molecule has 1 unspecified atom stereocenters. The average Bonchev–Trinajstić information content (AvgIpc) is 2.51. The van der Waals surface area contributed by atoms with Crippen molar-refractivity contribution in [1.29, 1.82) is 0 Å². The van der Waals surface area contributed by atoms with E-state index >= 15 is 0 Å². The summed E-state index contributed by atoms with van der Waals surface area (Å²) >= 11 is 1.73. The Kier molecular flexibility index (Phi) is 5.28. The van der Waals surface area contributed by atoms with E-state index in [1.165, 1.54) is 16.0 Å². The summed E-state index contributed by atoms with van der Waals surface area (Å²) in [5, 5.41) is 0. The lowest BCUT2D eigenvalue weighted by molar-refractivity contribution is 0.411. The number of aryl methyl sites for hydroxylation is 2. The van der Waals surface area contributed by atoms with Gasteiger partial charge >= 0.3 is 0 Å². The molecule has 0 amide bonds. The van der Waals surface area contributed by atoms with E-state index in [2.05, 4.69) is 55.9 Å². The third kappa shape index (κ3) is 3.23. The predicted molar refractivity (Wildman–Crippen MR) is 89.9 cm³/mol. The summed E-state index contributed by atoms with van der Waals surface area (Å²) in [6.45, 7) is 4.14. The van der Waals surface area contributed by atoms with Gasteiger partial charge in [0.25, 0.3) is 0 Å². The summed E-state index contributed by atoms with van der Waals surface area (Å²) in [6, 6.07) is 12.5. The fraction of sp³-hybridized carbons (Fsp3) is 0.294. The molecule has 2 aromatic carbocycles. The van der Waals surface area contributed by atoms with Gasteiger partial charge in [-0.25, -0.2) is 5.43 Å². The van der Waals surface area contributed by atoms with E-state index in [1.807, 2.05) is 6.07 Å². The molecule has 112 valence electrons. The van der Waals surface area contributed by atoms with Crippen molar-refractivity contribution in [2.24, 2.45) is 5.84 Å². The molecule has 0 saturated carbocycles. The maximum atomic E-state index is 5.86. The highest BCUT2D eigenvalue weighted by Gasteiger charge is 2.19. The van der Waals surface area contributed by atoms with E-state index in [-0.39, 0.29) is 6.04 Å². The molecule has 0 aliphatic heterocycles. The van der Waals surface area contributed by atoms with Crippen molar-refractivity contribution < 1.29 is 4.74 Å². The SMILES string of the molecule is COc1cc(C)c(C(NN)c2ccccc2SC)cc1C. The summed E-state index contributed by atoms with van der Waals surface area (Å²) in [4.78, 5) is 1.23. The van der Waals surface area contributed by atoms with Gasteiger partial charge in [0.05, 0.1) is 13.2 Å². The van der Waals surface area contributed by atoms with Crippen molar-refractivity contribution in [1.82, 2.24) is 5.43 Å². The van der Waals surface area contributed by atoms with Crippen LogP contribution in [0.3, 0.4) is 0 Å². The monoisotopic (exact) mass is 302 g/mol. The molecular formula is C17H22N2OS. The van der Waals surface area contributed by atoms with E-state index in [9.17, 15) is 0 Å². The van der Waals surface area contributed by atoms with Gasteiger partial charge in [-0.1, -0.05) is 24.3 Å². The number of hydrogen-bond acceptors (Lipinski definition) is 4. The Morgan fingerprint density at radius 1 is 1.10 bits per heavy atom. The molecule has 3 N–H and O–H groups in total. The second-order valence-corrected chi connectivity index (χ2v) is 5.87. The van der Waals surface area contributed by atoms with E-state index in [4.69, 9.17) is 10.6 Å². The Hall–Kier alpha value is -1.49. The predicted octanol–water partition coefficient (Wildman–Crippen LogP) is 3.59. The molecule has 0 radical (unpaired) electrons. The average molecular weight is 302 g/mol. The standard InChI is InChI=1S/C17H22N2OS/c1-11-10-15(20-3)12(2)9-14(11)17(19-18)13-7-5-6-8-16(13)21-4/h5-10,17,19H,18H2,1-4H3. The Labute approximate surface area is 130 Å². The highest BCUT2D eigenvalue weighted by atomic mass is 32.2. The fourth-order valence-corrected chi connectivity index (χ4v) is 3.23. The second kappa shape index (κ2) is 6.98. The Bertz CT molecular complexity index is 628. The normalized spacial score (nSPS) is 12.2. The van der Waals surface area contributed by atoms with Crippen LogP contribution in [0.5, 0.6) is 5.75 Å². The molecule has 4 heteroatoms. The first-order chi connectivity index (χ1) is 10.1. The van der Waals surface area contributed by atoms with Crippen LogP contribution >= 0.6 is 11.8 Å². The van der Waals surface area contributed by atoms with Gasteiger partial charge < -0.3 is 4.74 Å². The lowest BCUT2D eigenvalue weighted by Crippen LogP contribution is -2.29. The lowest BCUT2D eigenvalue weighted by Gasteiger charge is -2.22. The van der Waals surface area contributed by atoms with Crippen LogP contribution in [0.4, 0.5) is 0 Å². The van der Waals surface area contributed by atoms with Crippen LogP contribution in [-0.2, 0) is 0 Å². The molecule has 0 aliphatic carbocycles. The zero-order valence-corrected chi connectivity index (χ0v) is 13.8. The number of hydrogen-bond donors (Lipinski definition) is 2. The lowest BCUT2D eigenvalue weighted by atomic mass is 9.93. The van der Waals surface area contributed by atoms with Crippen LogP contribution in [-0.4, -0.2) is 13.4 Å². The first-order valence-electron chi connectivity index (χ1n) is 6.86. The van der Waals surface area contributed by atoms with Crippen molar-refractivity contribution in [3.05, 3.63) is 58.7 Å². The fourth-order valence-electron chi connectivity index (χ4n) is 2.59. The van der Waals surface area contributed by atoms with Crippen LogP contribution in [0.1, 0.15) is 28.3 Å². The topological polar surface area (TPSA) is 47.3 Å². The molecule has 0 heterocycles. The van der Waals surface area contributed by atoms with Crippen LogP contribution in [0.25, 0.3) is 0 Å². The Morgan fingerprint density at radius 3 is 2.43 bits per heavy atom. The van der Waals surface area contributed by atoms with E-state index in [0.717, 1.165) is 16.9 Å². The van der Waals surface area contributed by atoms with Gasteiger partial charge in [-0.2, -0.15) is 0 Å². The third-order valence-corrected chi connectivity index (χ3v) is 4.52. The number of hydrazine groups is 1. The molecule has 0 bridgehead atoms. The summed E-state index contributed by atoms with van der Waals surface area (Å²) < 4.78 is 5.39. The molecule has 3 nitrogen and oxygen atoms in total. The number of nitrogens with one attached hydrogen (secondary N) is 1. The first kappa shape index (κ1) is 15.9. The second-order valence-electron chi connectivity index (χ2n) is 5.02. The van der Waals surface area contributed by atoms with Gasteiger partial charge in [0.1, 0.15) is 5.75 Å². The molecule has 2 rings (SSSR count). The highest BCUT2D eigenvalue weighted by Crippen LogP contribution is 2.33. The summed E-state index contributed by atoms with van der Waals surface area (Å²) in [5.41, 5.74) is 7.61. The van der Waals surface area contributed by atoms with E-state index in [0.29, 0.717) is 0 Å². The van der Waals surface area contributed by atoms with E-state index in [1.54, 1.807) is 18.9 Å². The summed E-state index contributed by atoms with van der Waals surface area (Å²) in [7, 11) is 1.70.